The SMILES string of the molecule is C=C(C)C(=O)SC1(CC)CCCCCC1. The summed E-state index contributed by atoms with van der Waals surface area (Å²) < 4.78 is 0.215. The van der Waals surface area contributed by atoms with E-state index in [0.29, 0.717) is 5.57 Å². The number of rotatable bonds is 3. The molecular weight excluding hydrogens is 204 g/mol. The van der Waals surface area contributed by atoms with E-state index in [2.05, 4.69) is 13.5 Å². The van der Waals surface area contributed by atoms with E-state index in [1.165, 1.54) is 38.5 Å². The van der Waals surface area contributed by atoms with Crippen LogP contribution in [0.5, 0.6) is 0 Å². The predicted molar refractivity (Wildman–Crippen MR) is 68.1 cm³/mol. The molecule has 1 fully saturated rings. The van der Waals surface area contributed by atoms with Gasteiger partial charge in [-0.3, -0.25) is 4.79 Å². The Balaban J connectivity index is 2.65. The van der Waals surface area contributed by atoms with Crippen LogP contribution in [-0.2, 0) is 4.79 Å². The van der Waals surface area contributed by atoms with Gasteiger partial charge in [-0.15, -0.1) is 0 Å². The van der Waals surface area contributed by atoms with Crippen LogP contribution in [-0.4, -0.2) is 9.86 Å². The molecule has 0 atom stereocenters. The topological polar surface area (TPSA) is 17.1 Å². The Bertz CT molecular complexity index is 237. The minimum absolute atomic E-state index is 0.193. The third-order valence-electron chi connectivity index (χ3n) is 3.32. The number of carbonyl (C=O) groups is 1. The Labute approximate surface area is 97.7 Å². The number of hydrogen-bond donors (Lipinski definition) is 0. The summed E-state index contributed by atoms with van der Waals surface area (Å²) in [6.07, 6.45) is 8.75. The van der Waals surface area contributed by atoms with Crippen LogP contribution in [0, 0.1) is 0 Å². The van der Waals surface area contributed by atoms with Gasteiger partial charge in [0, 0.05) is 4.75 Å². The maximum Gasteiger partial charge on any atom is 0.214 e. The first-order valence-electron chi connectivity index (χ1n) is 5.98. The van der Waals surface area contributed by atoms with Crippen molar-refractivity contribution in [3.05, 3.63) is 12.2 Å². The minimum Gasteiger partial charge on any atom is -0.282 e. The van der Waals surface area contributed by atoms with Crippen molar-refractivity contribution in [3.8, 4) is 0 Å². The highest BCUT2D eigenvalue weighted by Crippen LogP contribution is 2.42. The molecule has 0 unspecified atom stereocenters. The smallest absolute Gasteiger partial charge is 0.214 e. The highest BCUT2D eigenvalue weighted by Gasteiger charge is 2.32. The lowest BCUT2D eigenvalue weighted by Gasteiger charge is -2.30. The van der Waals surface area contributed by atoms with Crippen LogP contribution in [0.4, 0.5) is 0 Å². The van der Waals surface area contributed by atoms with Gasteiger partial charge in [0.2, 0.25) is 5.12 Å². The average molecular weight is 226 g/mol. The first-order chi connectivity index (χ1) is 7.09. The molecule has 1 aliphatic rings. The third-order valence-corrected chi connectivity index (χ3v) is 4.98. The van der Waals surface area contributed by atoms with Crippen LogP contribution in [0.15, 0.2) is 12.2 Å². The Kier molecular flexibility index (Phi) is 4.91. The van der Waals surface area contributed by atoms with Gasteiger partial charge < -0.3 is 0 Å². The summed E-state index contributed by atoms with van der Waals surface area (Å²) in [4.78, 5) is 11.8. The van der Waals surface area contributed by atoms with Gasteiger partial charge in [0.1, 0.15) is 0 Å². The van der Waals surface area contributed by atoms with E-state index in [1.807, 2.05) is 6.92 Å². The molecule has 0 spiro atoms. The Morgan fingerprint density at radius 1 is 1.27 bits per heavy atom. The highest BCUT2D eigenvalue weighted by atomic mass is 32.2. The molecule has 0 N–H and O–H groups in total. The van der Waals surface area contributed by atoms with Gasteiger partial charge in [-0.25, -0.2) is 0 Å². The van der Waals surface area contributed by atoms with Gasteiger partial charge in [-0.1, -0.05) is 50.9 Å². The third kappa shape index (κ3) is 3.67. The summed E-state index contributed by atoms with van der Waals surface area (Å²) in [5, 5.41) is 0.193. The lowest BCUT2D eigenvalue weighted by Crippen LogP contribution is -2.25. The number of carbonyl (C=O) groups excluding carboxylic acids is 1. The molecule has 0 saturated heterocycles. The van der Waals surface area contributed by atoms with E-state index < -0.39 is 0 Å². The molecule has 0 aromatic heterocycles. The summed E-state index contributed by atoms with van der Waals surface area (Å²) >= 11 is 1.55. The summed E-state index contributed by atoms with van der Waals surface area (Å²) in [7, 11) is 0. The van der Waals surface area contributed by atoms with E-state index in [0.717, 1.165) is 6.42 Å². The first kappa shape index (κ1) is 12.8. The van der Waals surface area contributed by atoms with Crippen LogP contribution in [0.3, 0.4) is 0 Å². The van der Waals surface area contributed by atoms with Gasteiger partial charge >= 0.3 is 0 Å². The molecule has 0 radical (unpaired) electrons. The molecule has 0 aliphatic heterocycles. The summed E-state index contributed by atoms with van der Waals surface area (Å²) in [6, 6.07) is 0. The van der Waals surface area contributed by atoms with E-state index >= 15 is 0 Å². The van der Waals surface area contributed by atoms with Crippen LogP contribution in [0.25, 0.3) is 0 Å². The molecular formula is C13H22OS. The zero-order valence-electron chi connectivity index (χ0n) is 9.97. The second-order valence-electron chi connectivity index (χ2n) is 4.62. The van der Waals surface area contributed by atoms with Crippen molar-refractivity contribution in [1.82, 2.24) is 0 Å². The normalized spacial score (nSPS) is 20.7. The van der Waals surface area contributed by atoms with Crippen molar-refractivity contribution in [1.29, 1.82) is 0 Å². The van der Waals surface area contributed by atoms with E-state index in [1.54, 1.807) is 11.8 Å². The van der Waals surface area contributed by atoms with Crippen molar-refractivity contribution < 1.29 is 4.79 Å². The van der Waals surface area contributed by atoms with E-state index in [-0.39, 0.29) is 9.86 Å². The molecule has 1 rings (SSSR count). The number of thioether (sulfide) groups is 1. The van der Waals surface area contributed by atoms with Crippen molar-refractivity contribution in [2.45, 2.75) is 63.5 Å². The fourth-order valence-corrected chi connectivity index (χ4v) is 3.39. The van der Waals surface area contributed by atoms with Crippen molar-refractivity contribution >= 4 is 16.9 Å². The maximum atomic E-state index is 11.8. The molecule has 1 saturated carbocycles. The van der Waals surface area contributed by atoms with Gasteiger partial charge in [0.25, 0.3) is 0 Å². The second-order valence-corrected chi connectivity index (χ2v) is 6.06. The van der Waals surface area contributed by atoms with Gasteiger partial charge in [-0.05, 0) is 31.8 Å². The molecule has 2 heteroatoms. The molecule has 0 heterocycles. The Morgan fingerprint density at radius 2 is 1.80 bits per heavy atom. The molecule has 15 heavy (non-hydrogen) atoms. The molecule has 86 valence electrons. The number of hydrogen-bond acceptors (Lipinski definition) is 2. The standard InChI is InChI=1S/C13H22OS/c1-4-13(15-12(14)11(2)3)9-7-5-6-8-10-13/h2,4-10H2,1,3H3. The summed E-state index contributed by atoms with van der Waals surface area (Å²) in [6.45, 7) is 7.77. The minimum atomic E-state index is 0.193. The largest absolute Gasteiger partial charge is 0.282 e. The molecule has 1 aliphatic carbocycles. The molecule has 0 aromatic carbocycles. The van der Waals surface area contributed by atoms with Crippen LogP contribution in [0.2, 0.25) is 0 Å². The molecule has 0 amide bonds. The van der Waals surface area contributed by atoms with Crippen molar-refractivity contribution in [2.75, 3.05) is 0 Å². The average Bonchev–Trinajstić information content (AvgIpc) is 2.44. The van der Waals surface area contributed by atoms with Crippen molar-refractivity contribution in [3.63, 3.8) is 0 Å². The van der Waals surface area contributed by atoms with E-state index in [9.17, 15) is 4.79 Å². The first-order valence-corrected chi connectivity index (χ1v) is 6.80. The molecule has 0 bridgehead atoms. The monoisotopic (exact) mass is 226 g/mol. The van der Waals surface area contributed by atoms with E-state index in [4.69, 9.17) is 0 Å². The summed E-state index contributed by atoms with van der Waals surface area (Å²) in [5.41, 5.74) is 0.692. The lowest BCUT2D eigenvalue weighted by atomic mass is 9.96. The quantitative estimate of drug-likeness (QED) is 0.526. The van der Waals surface area contributed by atoms with Gasteiger partial charge in [-0.2, -0.15) is 0 Å². The zero-order valence-corrected chi connectivity index (χ0v) is 10.8. The summed E-state index contributed by atoms with van der Waals surface area (Å²) in [5.74, 6) is 0. The fourth-order valence-electron chi connectivity index (χ4n) is 2.18. The fraction of sp³-hybridized carbons (Fsp3) is 0.769. The second kappa shape index (κ2) is 5.74. The van der Waals surface area contributed by atoms with Crippen molar-refractivity contribution in [2.24, 2.45) is 0 Å². The van der Waals surface area contributed by atoms with Gasteiger partial charge in [0.05, 0.1) is 0 Å². The van der Waals surface area contributed by atoms with Crippen LogP contribution < -0.4 is 0 Å². The Hall–Kier alpha value is -0.240. The maximum absolute atomic E-state index is 11.8. The molecule has 1 nitrogen and oxygen atoms in total. The van der Waals surface area contributed by atoms with Crippen LogP contribution in [0.1, 0.15) is 58.8 Å². The Morgan fingerprint density at radius 3 is 2.20 bits per heavy atom. The lowest BCUT2D eigenvalue weighted by molar-refractivity contribution is -0.107. The van der Waals surface area contributed by atoms with Gasteiger partial charge in [0.15, 0.2) is 0 Å². The predicted octanol–water partition coefficient (Wildman–Crippen LogP) is 4.33. The zero-order chi connectivity index (χ0) is 11.3. The highest BCUT2D eigenvalue weighted by molar-refractivity contribution is 8.15. The van der Waals surface area contributed by atoms with Crippen LogP contribution >= 0.6 is 11.8 Å². The molecule has 0 aromatic rings.